The van der Waals surface area contributed by atoms with E-state index in [0.29, 0.717) is 30.9 Å². The average molecular weight is 364 g/mol. The van der Waals surface area contributed by atoms with E-state index in [-0.39, 0.29) is 12.6 Å². The molecule has 3 rings (SSSR count). The molecule has 1 aliphatic heterocycles. The van der Waals surface area contributed by atoms with Gasteiger partial charge in [-0.2, -0.15) is 5.10 Å². The van der Waals surface area contributed by atoms with Gasteiger partial charge >= 0.3 is 5.97 Å². The minimum atomic E-state index is -0.340. The maximum absolute atomic E-state index is 12.0. The molecule has 1 atom stereocenters. The van der Waals surface area contributed by atoms with Crippen LogP contribution in [0, 0.1) is 0 Å². The lowest BCUT2D eigenvalue weighted by Gasteiger charge is -2.46. The van der Waals surface area contributed by atoms with E-state index in [2.05, 4.69) is 20.0 Å². The molecule has 7 nitrogen and oxygen atoms in total. The SMILES string of the molecule is CCOC(=O)c1[nH]ncc1CN1CCN(C2CCCCC2)C(CCO)C1. The largest absolute Gasteiger partial charge is 0.461 e. The van der Waals surface area contributed by atoms with Crippen molar-refractivity contribution in [1.82, 2.24) is 20.0 Å². The molecular formula is C19H32N4O3. The first-order valence-electron chi connectivity index (χ1n) is 10.0. The molecule has 0 amide bonds. The number of carbonyl (C=O) groups excluding carboxylic acids is 1. The van der Waals surface area contributed by atoms with Crippen molar-refractivity contribution in [3.05, 3.63) is 17.5 Å². The summed E-state index contributed by atoms with van der Waals surface area (Å²) in [6.07, 6.45) is 9.12. The third-order valence-corrected chi connectivity index (χ3v) is 5.71. The average Bonchev–Trinajstić information content (AvgIpc) is 3.11. The van der Waals surface area contributed by atoms with Gasteiger partial charge in [0.2, 0.25) is 0 Å². The van der Waals surface area contributed by atoms with Gasteiger partial charge in [-0.05, 0) is 26.2 Å². The maximum atomic E-state index is 12.0. The fourth-order valence-electron chi connectivity index (χ4n) is 4.43. The fourth-order valence-corrected chi connectivity index (χ4v) is 4.43. The molecule has 0 spiro atoms. The Morgan fingerprint density at radius 3 is 2.88 bits per heavy atom. The molecule has 1 aromatic rings. The quantitative estimate of drug-likeness (QED) is 0.718. The first-order chi connectivity index (χ1) is 12.7. The molecule has 2 fully saturated rings. The smallest absolute Gasteiger partial charge is 0.356 e. The summed E-state index contributed by atoms with van der Waals surface area (Å²) in [5.74, 6) is -0.340. The molecule has 146 valence electrons. The lowest BCUT2D eigenvalue weighted by molar-refractivity contribution is 0.0135. The number of nitrogens with one attached hydrogen (secondary N) is 1. The number of nitrogens with zero attached hydrogens (tertiary/aromatic N) is 3. The van der Waals surface area contributed by atoms with Gasteiger partial charge in [0.15, 0.2) is 0 Å². The second kappa shape index (κ2) is 9.48. The molecule has 0 radical (unpaired) electrons. The summed E-state index contributed by atoms with van der Waals surface area (Å²) >= 11 is 0. The van der Waals surface area contributed by atoms with Crippen LogP contribution in [0.1, 0.15) is 61.5 Å². The Balaban J connectivity index is 1.62. The van der Waals surface area contributed by atoms with E-state index in [0.717, 1.165) is 31.6 Å². The Bertz CT molecular complexity index is 571. The Morgan fingerprint density at radius 2 is 2.15 bits per heavy atom. The zero-order chi connectivity index (χ0) is 18.4. The van der Waals surface area contributed by atoms with Crippen molar-refractivity contribution < 1.29 is 14.6 Å². The van der Waals surface area contributed by atoms with Gasteiger partial charge in [-0.25, -0.2) is 4.79 Å². The number of esters is 1. The molecule has 2 aliphatic rings. The van der Waals surface area contributed by atoms with Crippen LogP contribution in [0.5, 0.6) is 0 Å². The van der Waals surface area contributed by atoms with Gasteiger partial charge in [0.05, 0.1) is 12.8 Å². The number of hydrogen-bond donors (Lipinski definition) is 2. The van der Waals surface area contributed by atoms with Crippen molar-refractivity contribution in [3.8, 4) is 0 Å². The Morgan fingerprint density at radius 1 is 1.35 bits per heavy atom. The summed E-state index contributed by atoms with van der Waals surface area (Å²) in [7, 11) is 0. The van der Waals surface area contributed by atoms with Crippen LogP contribution >= 0.6 is 0 Å². The topological polar surface area (TPSA) is 81.7 Å². The number of aliphatic hydroxyl groups excluding tert-OH is 1. The Labute approximate surface area is 155 Å². The molecule has 0 aromatic carbocycles. The van der Waals surface area contributed by atoms with Crippen molar-refractivity contribution in [2.45, 2.75) is 64.1 Å². The minimum Gasteiger partial charge on any atom is -0.461 e. The number of aromatic amines is 1. The van der Waals surface area contributed by atoms with Gasteiger partial charge < -0.3 is 9.84 Å². The summed E-state index contributed by atoms with van der Waals surface area (Å²) in [5.41, 5.74) is 1.34. The molecule has 1 aromatic heterocycles. The third-order valence-electron chi connectivity index (χ3n) is 5.71. The molecule has 2 N–H and O–H groups in total. The predicted molar refractivity (Wildman–Crippen MR) is 98.9 cm³/mol. The van der Waals surface area contributed by atoms with E-state index >= 15 is 0 Å². The monoisotopic (exact) mass is 364 g/mol. The van der Waals surface area contributed by atoms with Crippen LogP contribution in [0.2, 0.25) is 0 Å². The number of piperazine rings is 1. The van der Waals surface area contributed by atoms with E-state index in [1.54, 1.807) is 13.1 Å². The summed E-state index contributed by atoms with van der Waals surface area (Å²) in [4.78, 5) is 17.0. The van der Waals surface area contributed by atoms with Crippen LogP contribution in [0.15, 0.2) is 6.20 Å². The number of carbonyl (C=O) groups is 1. The maximum Gasteiger partial charge on any atom is 0.356 e. The van der Waals surface area contributed by atoms with E-state index in [1.807, 2.05) is 0 Å². The van der Waals surface area contributed by atoms with Crippen LogP contribution in [-0.2, 0) is 11.3 Å². The first-order valence-corrected chi connectivity index (χ1v) is 10.0. The Hall–Kier alpha value is -1.44. The second-order valence-corrected chi connectivity index (χ2v) is 7.42. The van der Waals surface area contributed by atoms with Crippen molar-refractivity contribution in [2.75, 3.05) is 32.8 Å². The zero-order valence-electron chi connectivity index (χ0n) is 15.8. The number of ether oxygens (including phenoxy) is 1. The fraction of sp³-hybridized carbons (Fsp3) is 0.789. The highest BCUT2D eigenvalue weighted by molar-refractivity contribution is 5.88. The van der Waals surface area contributed by atoms with Gasteiger partial charge in [0, 0.05) is 50.4 Å². The predicted octanol–water partition coefficient (Wildman–Crippen LogP) is 1.79. The number of hydrogen-bond acceptors (Lipinski definition) is 6. The van der Waals surface area contributed by atoms with E-state index in [9.17, 15) is 9.90 Å². The van der Waals surface area contributed by atoms with Gasteiger partial charge in [-0.15, -0.1) is 0 Å². The van der Waals surface area contributed by atoms with Gasteiger partial charge in [0.25, 0.3) is 0 Å². The Kier molecular flexibility index (Phi) is 7.05. The number of aliphatic hydroxyl groups is 1. The minimum absolute atomic E-state index is 0.224. The molecule has 7 heteroatoms. The lowest BCUT2D eigenvalue weighted by atomic mass is 9.91. The molecule has 1 aliphatic carbocycles. The van der Waals surface area contributed by atoms with E-state index < -0.39 is 0 Å². The number of H-pyrrole nitrogens is 1. The van der Waals surface area contributed by atoms with Gasteiger partial charge in [-0.3, -0.25) is 14.9 Å². The van der Waals surface area contributed by atoms with Crippen molar-refractivity contribution in [1.29, 1.82) is 0 Å². The highest BCUT2D eigenvalue weighted by atomic mass is 16.5. The van der Waals surface area contributed by atoms with Crippen LogP contribution in [0.4, 0.5) is 0 Å². The van der Waals surface area contributed by atoms with E-state index in [4.69, 9.17) is 4.74 Å². The molecule has 0 bridgehead atoms. The van der Waals surface area contributed by atoms with Crippen LogP contribution in [-0.4, -0.2) is 76.0 Å². The second-order valence-electron chi connectivity index (χ2n) is 7.42. The van der Waals surface area contributed by atoms with Crippen molar-refractivity contribution >= 4 is 5.97 Å². The van der Waals surface area contributed by atoms with Gasteiger partial charge in [-0.1, -0.05) is 19.3 Å². The molecule has 2 heterocycles. The molecule has 1 saturated carbocycles. The van der Waals surface area contributed by atoms with E-state index in [1.165, 1.54) is 32.1 Å². The first kappa shape index (κ1) is 19.3. The molecule has 26 heavy (non-hydrogen) atoms. The van der Waals surface area contributed by atoms with Crippen molar-refractivity contribution in [2.24, 2.45) is 0 Å². The van der Waals surface area contributed by atoms with Crippen LogP contribution in [0.25, 0.3) is 0 Å². The molecular weight excluding hydrogens is 332 g/mol. The van der Waals surface area contributed by atoms with Gasteiger partial charge in [0.1, 0.15) is 5.69 Å². The van der Waals surface area contributed by atoms with Crippen LogP contribution in [0.3, 0.4) is 0 Å². The normalized spacial score (nSPS) is 23.2. The summed E-state index contributed by atoms with van der Waals surface area (Å²) in [6.45, 7) is 6.00. The standard InChI is InChI=1S/C19H32N4O3/c1-2-26-19(25)18-15(12-20-21-18)13-22-9-10-23(17(14-22)8-11-24)16-6-4-3-5-7-16/h12,16-17,24H,2-11,13-14H2,1H3,(H,20,21). The highest BCUT2D eigenvalue weighted by Crippen LogP contribution is 2.27. The molecule has 1 saturated heterocycles. The lowest BCUT2D eigenvalue weighted by Crippen LogP contribution is -2.56. The number of rotatable bonds is 7. The number of aromatic nitrogens is 2. The summed E-state index contributed by atoms with van der Waals surface area (Å²) < 4.78 is 5.10. The summed E-state index contributed by atoms with van der Waals surface area (Å²) in [6, 6.07) is 1.06. The van der Waals surface area contributed by atoms with Crippen molar-refractivity contribution in [3.63, 3.8) is 0 Å². The zero-order valence-corrected chi connectivity index (χ0v) is 15.8. The van der Waals surface area contributed by atoms with Crippen LogP contribution < -0.4 is 0 Å². The summed E-state index contributed by atoms with van der Waals surface area (Å²) in [5, 5.41) is 16.3. The third kappa shape index (κ3) is 4.64. The highest BCUT2D eigenvalue weighted by Gasteiger charge is 2.32. The molecule has 1 unspecified atom stereocenters.